The molecule has 0 bridgehead atoms. The van der Waals surface area contributed by atoms with Crippen molar-refractivity contribution in [1.29, 1.82) is 0 Å². The standard InChI is InChI=1S/C25H29N3O3S/c1-25(2)14-16-6-5-8-18(22(16)31-25)30-23-21-17-7-3-4-9-19(17)32-24(21)27-20(26-23)15-28-10-12-29-13-11-28/h5-6,8H,3-4,7,9-15H2,1-2H3. The molecule has 3 aliphatic rings. The molecule has 0 spiro atoms. The van der Waals surface area contributed by atoms with E-state index < -0.39 is 0 Å². The summed E-state index contributed by atoms with van der Waals surface area (Å²) in [5.74, 6) is 3.10. The quantitative estimate of drug-likeness (QED) is 0.562. The van der Waals surface area contributed by atoms with Crippen molar-refractivity contribution in [2.45, 2.75) is 58.1 Å². The average Bonchev–Trinajstić information content (AvgIpc) is 3.31. The Morgan fingerprint density at radius 2 is 1.97 bits per heavy atom. The van der Waals surface area contributed by atoms with E-state index in [0.29, 0.717) is 12.4 Å². The molecule has 0 saturated carbocycles. The van der Waals surface area contributed by atoms with Gasteiger partial charge in [0.1, 0.15) is 16.3 Å². The van der Waals surface area contributed by atoms with E-state index in [9.17, 15) is 0 Å². The zero-order valence-electron chi connectivity index (χ0n) is 18.8. The number of hydrogen-bond acceptors (Lipinski definition) is 7. The number of thiophene rings is 1. The molecule has 1 saturated heterocycles. The highest BCUT2D eigenvalue weighted by Gasteiger charge is 2.33. The van der Waals surface area contributed by atoms with Gasteiger partial charge in [0.25, 0.3) is 0 Å². The Morgan fingerprint density at radius 3 is 2.84 bits per heavy atom. The van der Waals surface area contributed by atoms with E-state index in [-0.39, 0.29) is 5.60 Å². The third-order valence-electron chi connectivity index (χ3n) is 6.56. The van der Waals surface area contributed by atoms with Crippen LogP contribution in [-0.4, -0.2) is 46.8 Å². The van der Waals surface area contributed by atoms with E-state index >= 15 is 0 Å². The van der Waals surface area contributed by atoms with Gasteiger partial charge in [-0.2, -0.15) is 4.98 Å². The summed E-state index contributed by atoms with van der Waals surface area (Å²) >= 11 is 1.82. The lowest BCUT2D eigenvalue weighted by molar-refractivity contribution is 0.0330. The summed E-state index contributed by atoms with van der Waals surface area (Å²) in [6.45, 7) is 8.31. The molecule has 0 N–H and O–H groups in total. The smallest absolute Gasteiger partial charge is 0.231 e. The second-order valence-electron chi connectivity index (χ2n) is 9.61. The molecule has 0 radical (unpaired) electrons. The second-order valence-corrected chi connectivity index (χ2v) is 10.7. The summed E-state index contributed by atoms with van der Waals surface area (Å²) in [6.07, 6.45) is 5.56. The predicted molar refractivity (Wildman–Crippen MR) is 125 cm³/mol. The van der Waals surface area contributed by atoms with Gasteiger partial charge in [-0.1, -0.05) is 12.1 Å². The lowest BCUT2D eigenvalue weighted by Crippen LogP contribution is -2.36. The number of fused-ring (bicyclic) bond motifs is 4. The first-order chi connectivity index (χ1) is 15.6. The topological polar surface area (TPSA) is 56.7 Å². The van der Waals surface area contributed by atoms with Crippen LogP contribution in [-0.2, 0) is 30.5 Å². The molecule has 2 aliphatic heterocycles. The second kappa shape index (κ2) is 7.97. The van der Waals surface area contributed by atoms with Crippen LogP contribution in [0.15, 0.2) is 18.2 Å². The lowest BCUT2D eigenvalue weighted by Gasteiger charge is -2.25. The predicted octanol–water partition coefficient (Wildman–Crippen LogP) is 4.91. The molecule has 168 valence electrons. The summed E-state index contributed by atoms with van der Waals surface area (Å²) in [6, 6.07) is 6.17. The average molecular weight is 452 g/mol. The summed E-state index contributed by atoms with van der Waals surface area (Å²) in [7, 11) is 0. The van der Waals surface area contributed by atoms with Crippen molar-refractivity contribution >= 4 is 21.6 Å². The van der Waals surface area contributed by atoms with E-state index in [4.69, 9.17) is 24.2 Å². The van der Waals surface area contributed by atoms with Gasteiger partial charge in [-0.3, -0.25) is 4.90 Å². The highest BCUT2D eigenvalue weighted by Crippen LogP contribution is 2.46. The van der Waals surface area contributed by atoms with Crippen molar-refractivity contribution in [3.8, 4) is 17.4 Å². The van der Waals surface area contributed by atoms with Crippen molar-refractivity contribution in [2.75, 3.05) is 26.3 Å². The van der Waals surface area contributed by atoms with E-state index in [2.05, 4.69) is 30.9 Å². The first kappa shape index (κ1) is 20.4. The monoisotopic (exact) mass is 451 g/mol. The highest BCUT2D eigenvalue weighted by molar-refractivity contribution is 7.18. The maximum absolute atomic E-state index is 6.57. The number of hydrogen-bond donors (Lipinski definition) is 0. The van der Waals surface area contributed by atoms with E-state index in [1.807, 2.05) is 17.4 Å². The molecular formula is C25H29N3O3S. The molecule has 2 aromatic heterocycles. The summed E-state index contributed by atoms with van der Waals surface area (Å²) in [5.41, 5.74) is 2.36. The SMILES string of the molecule is CC1(C)Cc2cccc(Oc3nc(CN4CCOCC4)nc4sc5c(c34)CCCC5)c2O1. The molecule has 0 atom stereocenters. The van der Waals surface area contributed by atoms with Crippen LogP contribution in [0.1, 0.15) is 48.5 Å². The summed E-state index contributed by atoms with van der Waals surface area (Å²) in [5, 5.41) is 1.10. The minimum atomic E-state index is -0.216. The third-order valence-corrected chi connectivity index (χ3v) is 7.74. The normalized spacial score (nSPS) is 20.1. The Kier molecular flexibility index (Phi) is 5.08. The maximum Gasteiger partial charge on any atom is 0.231 e. The number of morpholine rings is 1. The molecule has 7 heteroatoms. The molecule has 4 heterocycles. The zero-order valence-corrected chi connectivity index (χ0v) is 19.6. The molecule has 0 unspecified atom stereocenters. The van der Waals surface area contributed by atoms with Gasteiger partial charge in [0.05, 0.1) is 25.1 Å². The first-order valence-electron chi connectivity index (χ1n) is 11.7. The van der Waals surface area contributed by atoms with Crippen LogP contribution < -0.4 is 9.47 Å². The van der Waals surface area contributed by atoms with E-state index in [0.717, 1.165) is 73.1 Å². The van der Waals surface area contributed by atoms with Gasteiger partial charge in [0.2, 0.25) is 5.88 Å². The van der Waals surface area contributed by atoms with Gasteiger partial charge in [0.15, 0.2) is 11.5 Å². The van der Waals surface area contributed by atoms with Crippen molar-refractivity contribution in [3.63, 3.8) is 0 Å². The molecule has 32 heavy (non-hydrogen) atoms. The van der Waals surface area contributed by atoms with Crippen molar-refractivity contribution < 1.29 is 14.2 Å². The largest absolute Gasteiger partial charge is 0.483 e. The van der Waals surface area contributed by atoms with Gasteiger partial charge >= 0.3 is 0 Å². The minimum Gasteiger partial charge on any atom is -0.483 e. The Hall–Kier alpha value is -2.22. The van der Waals surface area contributed by atoms with Crippen LogP contribution >= 0.6 is 11.3 Å². The van der Waals surface area contributed by atoms with Crippen molar-refractivity contribution in [3.05, 3.63) is 40.0 Å². The van der Waals surface area contributed by atoms with Gasteiger partial charge < -0.3 is 14.2 Å². The van der Waals surface area contributed by atoms with Crippen LogP contribution in [0.2, 0.25) is 0 Å². The van der Waals surface area contributed by atoms with Crippen LogP contribution in [0.3, 0.4) is 0 Å². The maximum atomic E-state index is 6.57. The molecule has 3 aromatic rings. The number of ether oxygens (including phenoxy) is 3. The van der Waals surface area contributed by atoms with Gasteiger partial charge in [-0.25, -0.2) is 4.98 Å². The third kappa shape index (κ3) is 3.76. The molecule has 1 aliphatic carbocycles. The highest BCUT2D eigenvalue weighted by atomic mass is 32.1. The lowest BCUT2D eigenvalue weighted by atomic mass is 9.97. The van der Waals surface area contributed by atoms with Gasteiger partial charge in [0, 0.05) is 30.0 Å². The summed E-state index contributed by atoms with van der Waals surface area (Å²) < 4.78 is 18.3. The Labute approximate surface area is 192 Å². The fourth-order valence-electron chi connectivity index (χ4n) is 5.04. The van der Waals surface area contributed by atoms with Crippen LogP contribution in [0.4, 0.5) is 0 Å². The fourth-order valence-corrected chi connectivity index (χ4v) is 6.31. The number of aryl methyl sites for hydroxylation is 2. The number of para-hydroxylation sites is 1. The Bertz CT molecular complexity index is 1170. The molecular weight excluding hydrogens is 422 g/mol. The molecule has 1 aromatic carbocycles. The molecule has 0 amide bonds. The Morgan fingerprint density at radius 1 is 1.12 bits per heavy atom. The van der Waals surface area contributed by atoms with Crippen LogP contribution in [0.5, 0.6) is 17.4 Å². The first-order valence-corrected chi connectivity index (χ1v) is 12.5. The van der Waals surface area contributed by atoms with Crippen LogP contribution in [0, 0.1) is 0 Å². The Balaban J connectivity index is 1.42. The van der Waals surface area contributed by atoms with Gasteiger partial charge in [-0.15, -0.1) is 11.3 Å². The van der Waals surface area contributed by atoms with E-state index in [1.165, 1.54) is 28.8 Å². The number of rotatable bonds is 4. The van der Waals surface area contributed by atoms with Crippen LogP contribution in [0.25, 0.3) is 10.2 Å². The van der Waals surface area contributed by atoms with E-state index in [1.54, 1.807) is 0 Å². The molecule has 6 rings (SSSR count). The van der Waals surface area contributed by atoms with Crippen molar-refractivity contribution in [1.82, 2.24) is 14.9 Å². The minimum absolute atomic E-state index is 0.216. The van der Waals surface area contributed by atoms with Crippen molar-refractivity contribution in [2.24, 2.45) is 0 Å². The fraction of sp³-hybridized carbons (Fsp3) is 0.520. The zero-order chi connectivity index (χ0) is 21.7. The van der Waals surface area contributed by atoms with Gasteiger partial charge in [-0.05, 0) is 51.2 Å². The molecule has 1 fully saturated rings. The number of nitrogens with zero attached hydrogens (tertiary/aromatic N) is 3. The molecule has 6 nitrogen and oxygen atoms in total. The summed E-state index contributed by atoms with van der Waals surface area (Å²) in [4.78, 5) is 14.8. The number of aromatic nitrogens is 2. The number of benzene rings is 1.